The standard InChI is InChI=1S/C25H49NO5/c1-24(2,3)30-22(27)20-18-16-14-12-10-8-7-9-11-13-15-17-19-21-29-26-23(28)31-25(4,5)6/h7-21H2,1-6H3,(H,26,28). The lowest BCUT2D eigenvalue weighted by atomic mass is 10.0. The van der Waals surface area contributed by atoms with Gasteiger partial charge in [0.25, 0.3) is 0 Å². The van der Waals surface area contributed by atoms with Crippen molar-refractivity contribution in [1.82, 2.24) is 5.48 Å². The molecule has 0 aromatic carbocycles. The Morgan fingerprint density at radius 3 is 1.39 bits per heavy atom. The minimum Gasteiger partial charge on any atom is -0.460 e. The third-order valence-corrected chi connectivity index (χ3v) is 4.60. The number of hydrogen-bond acceptors (Lipinski definition) is 5. The summed E-state index contributed by atoms with van der Waals surface area (Å²) in [6.07, 6.45) is 15.7. The summed E-state index contributed by atoms with van der Waals surface area (Å²) in [6.45, 7) is 11.7. The Morgan fingerprint density at radius 2 is 0.968 bits per heavy atom. The Morgan fingerprint density at radius 1 is 0.581 bits per heavy atom. The van der Waals surface area contributed by atoms with Gasteiger partial charge in [0.1, 0.15) is 11.2 Å². The van der Waals surface area contributed by atoms with Gasteiger partial charge < -0.3 is 9.47 Å². The van der Waals surface area contributed by atoms with Crippen molar-refractivity contribution in [2.24, 2.45) is 0 Å². The normalized spacial score (nSPS) is 11.9. The van der Waals surface area contributed by atoms with Gasteiger partial charge in [-0.1, -0.05) is 70.6 Å². The SMILES string of the molecule is CC(C)(C)OC(=O)CCCCCCCCCCCCCCCONC(=O)OC(C)(C)C. The van der Waals surface area contributed by atoms with Crippen LogP contribution >= 0.6 is 0 Å². The maximum atomic E-state index is 11.6. The Kier molecular flexibility index (Phi) is 16.6. The van der Waals surface area contributed by atoms with Crippen molar-refractivity contribution < 1.29 is 23.9 Å². The van der Waals surface area contributed by atoms with E-state index in [4.69, 9.17) is 14.3 Å². The molecule has 1 amide bonds. The van der Waals surface area contributed by atoms with E-state index in [9.17, 15) is 9.59 Å². The summed E-state index contributed by atoms with van der Waals surface area (Å²) in [5.41, 5.74) is 1.44. The van der Waals surface area contributed by atoms with Crippen molar-refractivity contribution >= 4 is 12.1 Å². The number of esters is 1. The Bertz CT molecular complexity index is 424. The van der Waals surface area contributed by atoms with Gasteiger partial charge in [0.2, 0.25) is 0 Å². The van der Waals surface area contributed by atoms with Gasteiger partial charge in [-0.2, -0.15) is 5.48 Å². The highest BCUT2D eigenvalue weighted by molar-refractivity contribution is 5.69. The lowest BCUT2D eigenvalue weighted by Crippen LogP contribution is -2.32. The van der Waals surface area contributed by atoms with Crippen molar-refractivity contribution in [3.8, 4) is 0 Å². The molecule has 0 unspecified atom stereocenters. The van der Waals surface area contributed by atoms with Gasteiger partial charge in [-0.3, -0.25) is 9.63 Å². The summed E-state index contributed by atoms with van der Waals surface area (Å²) < 4.78 is 10.4. The lowest BCUT2D eigenvalue weighted by Gasteiger charge is -2.19. The van der Waals surface area contributed by atoms with Crippen LogP contribution in [-0.4, -0.2) is 29.9 Å². The molecular weight excluding hydrogens is 394 g/mol. The number of hydrogen-bond donors (Lipinski definition) is 1. The zero-order valence-corrected chi connectivity index (χ0v) is 21.1. The van der Waals surface area contributed by atoms with E-state index in [1.54, 1.807) is 0 Å². The van der Waals surface area contributed by atoms with Gasteiger partial charge >= 0.3 is 12.1 Å². The zero-order valence-electron chi connectivity index (χ0n) is 21.1. The van der Waals surface area contributed by atoms with Gasteiger partial charge in [0.15, 0.2) is 0 Å². The molecule has 184 valence electrons. The van der Waals surface area contributed by atoms with Crippen LogP contribution in [0.1, 0.15) is 131 Å². The maximum Gasteiger partial charge on any atom is 0.431 e. The minimum absolute atomic E-state index is 0.0718. The van der Waals surface area contributed by atoms with Crippen molar-refractivity contribution in [1.29, 1.82) is 0 Å². The van der Waals surface area contributed by atoms with Gasteiger partial charge in [0, 0.05) is 6.42 Å². The first-order chi connectivity index (χ1) is 14.5. The second kappa shape index (κ2) is 17.3. The lowest BCUT2D eigenvalue weighted by molar-refractivity contribution is -0.154. The van der Waals surface area contributed by atoms with Crippen LogP contribution in [-0.2, 0) is 19.1 Å². The number of carbonyl (C=O) groups is 2. The summed E-state index contributed by atoms with van der Waals surface area (Å²) >= 11 is 0. The fourth-order valence-electron chi connectivity index (χ4n) is 3.19. The van der Waals surface area contributed by atoms with Crippen LogP contribution in [0.3, 0.4) is 0 Å². The molecule has 31 heavy (non-hydrogen) atoms. The van der Waals surface area contributed by atoms with E-state index in [1.807, 2.05) is 41.5 Å². The predicted molar refractivity (Wildman–Crippen MR) is 126 cm³/mol. The molecule has 0 fully saturated rings. The van der Waals surface area contributed by atoms with Gasteiger partial charge in [-0.25, -0.2) is 4.79 Å². The first-order valence-corrected chi connectivity index (χ1v) is 12.3. The van der Waals surface area contributed by atoms with E-state index >= 15 is 0 Å². The number of carbonyl (C=O) groups excluding carboxylic acids is 2. The predicted octanol–water partition coefficient (Wildman–Crippen LogP) is 7.25. The van der Waals surface area contributed by atoms with Crippen LogP contribution in [0.4, 0.5) is 4.79 Å². The summed E-state index contributed by atoms with van der Waals surface area (Å²) in [4.78, 5) is 28.2. The Labute approximate surface area is 191 Å². The quantitative estimate of drug-likeness (QED) is 0.146. The average Bonchev–Trinajstić information content (AvgIpc) is 2.61. The van der Waals surface area contributed by atoms with Crippen LogP contribution in [0, 0.1) is 0 Å². The van der Waals surface area contributed by atoms with E-state index in [-0.39, 0.29) is 11.6 Å². The van der Waals surface area contributed by atoms with Crippen molar-refractivity contribution in [2.75, 3.05) is 6.61 Å². The first kappa shape index (κ1) is 29.7. The second-order valence-corrected chi connectivity index (χ2v) is 10.4. The highest BCUT2D eigenvalue weighted by atomic mass is 16.7. The number of ether oxygens (including phenoxy) is 2. The molecule has 6 heteroatoms. The van der Waals surface area contributed by atoms with Crippen molar-refractivity contribution in [2.45, 2.75) is 143 Å². The third-order valence-electron chi connectivity index (χ3n) is 4.60. The molecule has 0 saturated heterocycles. The maximum absolute atomic E-state index is 11.6. The molecule has 0 saturated carbocycles. The zero-order chi connectivity index (χ0) is 23.6. The average molecular weight is 444 g/mol. The fraction of sp³-hybridized carbons (Fsp3) is 0.920. The topological polar surface area (TPSA) is 73.9 Å². The third kappa shape index (κ3) is 24.8. The van der Waals surface area contributed by atoms with Crippen LogP contribution in [0.2, 0.25) is 0 Å². The molecule has 0 aliphatic rings. The van der Waals surface area contributed by atoms with E-state index in [0.29, 0.717) is 13.0 Å². The van der Waals surface area contributed by atoms with Gasteiger partial charge in [0.05, 0.1) is 6.61 Å². The minimum atomic E-state index is -0.534. The summed E-state index contributed by atoms with van der Waals surface area (Å²) in [5.74, 6) is -0.0718. The van der Waals surface area contributed by atoms with Crippen LogP contribution in [0.15, 0.2) is 0 Å². The molecule has 0 spiro atoms. The molecule has 0 rings (SSSR count). The highest BCUT2D eigenvalue weighted by Crippen LogP contribution is 2.14. The molecule has 0 radical (unpaired) electrons. The van der Waals surface area contributed by atoms with Crippen molar-refractivity contribution in [3.63, 3.8) is 0 Å². The second-order valence-electron chi connectivity index (χ2n) is 10.4. The van der Waals surface area contributed by atoms with Crippen molar-refractivity contribution in [3.05, 3.63) is 0 Å². The fourth-order valence-corrected chi connectivity index (χ4v) is 3.19. The summed E-state index contributed by atoms with van der Waals surface area (Å²) in [5, 5.41) is 0. The number of rotatable bonds is 17. The number of amides is 1. The molecule has 0 bridgehead atoms. The summed E-state index contributed by atoms with van der Waals surface area (Å²) in [7, 11) is 0. The van der Waals surface area contributed by atoms with Crippen LogP contribution in [0.5, 0.6) is 0 Å². The van der Waals surface area contributed by atoms with E-state index in [2.05, 4.69) is 5.48 Å². The van der Waals surface area contributed by atoms with Gasteiger partial charge in [-0.05, 0) is 54.4 Å². The molecule has 0 atom stereocenters. The number of hydroxylamine groups is 1. The largest absolute Gasteiger partial charge is 0.460 e. The van der Waals surface area contributed by atoms with Crippen LogP contribution < -0.4 is 5.48 Å². The molecule has 0 aromatic heterocycles. The molecule has 0 aliphatic carbocycles. The molecule has 6 nitrogen and oxygen atoms in total. The molecule has 0 aliphatic heterocycles. The molecule has 0 heterocycles. The highest BCUT2D eigenvalue weighted by Gasteiger charge is 2.16. The monoisotopic (exact) mass is 443 g/mol. The summed E-state index contributed by atoms with van der Waals surface area (Å²) in [6, 6.07) is 0. The van der Waals surface area contributed by atoms with E-state index in [1.165, 1.54) is 57.8 Å². The molecular formula is C25H49NO5. The molecule has 1 N–H and O–H groups in total. The smallest absolute Gasteiger partial charge is 0.431 e. The van der Waals surface area contributed by atoms with Crippen LogP contribution in [0.25, 0.3) is 0 Å². The Balaban J connectivity index is 3.24. The first-order valence-electron chi connectivity index (χ1n) is 12.3. The van der Waals surface area contributed by atoms with Gasteiger partial charge in [-0.15, -0.1) is 0 Å². The van der Waals surface area contributed by atoms with E-state index < -0.39 is 11.7 Å². The Hall–Kier alpha value is -1.30. The number of nitrogens with one attached hydrogen (secondary N) is 1. The molecule has 0 aromatic rings. The van der Waals surface area contributed by atoms with E-state index in [0.717, 1.165) is 25.7 Å². The number of unbranched alkanes of at least 4 members (excludes halogenated alkanes) is 12.